The molecule has 0 heterocycles. The quantitative estimate of drug-likeness (QED) is 0.466. The summed E-state index contributed by atoms with van der Waals surface area (Å²) in [7, 11) is 1.54. The number of aromatic carboxylic acids is 1. The molecular weight excluding hydrogens is 441 g/mol. The number of hydrogen-bond donors (Lipinski definition) is 2. The Hall–Kier alpha value is -3.06. The smallest absolute Gasteiger partial charge is 0.335 e. The number of benzene rings is 3. The van der Waals surface area contributed by atoms with E-state index in [1.165, 1.54) is 6.07 Å². The van der Waals surface area contributed by atoms with Gasteiger partial charge in [-0.05, 0) is 64.0 Å². The highest BCUT2D eigenvalue weighted by Crippen LogP contribution is 2.37. The summed E-state index contributed by atoms with van der Waals surface area (Å²) >= 11 is 3.49. The molecule has 0 aromatic heterocycles. The van der Waals surface area contributed by atoms with E-state index in [2.05, 4.69) is 21.2 Å². The number of rotatable bonds is 8. The SMILES string of the molecule is COc1cc(CNc2ccc(C(=O)O)cc2)cc(Br)c1OCc1ccccc1F. The Balaban J connectivity index is 1.70. The number of methoxy groups -OCH3 is 1. The first-order valence-corrected chi connectivity index (χ1v) is 9.57. The van der Waals surface area contributed by atoms with Crippen LogP contribution in [-0.4, -0.2) is 18.2 Å². The maximum Gasteiger partial charge on any atom is 0.335 e. The molecule has 3 aromatic rings. The van der Waals surface area contributed by atoms with Crippen LogP contribution in [0.1, 0.15) is 21.5 Å². The van der Waals surface area contributed by atoms with E-state index >= 15 is 0 Å². The molecule has 0 fully saturated rings. The fourth-order valence-electron chi connectivity index (χ4n) is 2.72. The van der Waals surface area contributed by atoms with E-state index in [1.807, 2.05) is 12.1 Å². The van der Waals surface area contributed by atoms with Crippen molar-refractivity contribution >= 4 is 27.6 Å². The van der Waals surface area contributed by atoms with Gasteiger partial charge < -0.3 is 19.9 Å². The monoisotopic (exact) mass is 459 g/mol. The molecule has 0 unspecified atom stereocenters. The van der Waals surface area contributed by atoms with Crippen LogP contribution in [-0.2, 0) is 13.2 Å². The Bertz CT molecular complexity index is 1010. The van der Waals surface area contributed by atoms with Crippen molar-refractivity contribution < 1.29 is 23.8 Å². The van der Waals surface area contributed by atoms with Crippen molar-refractivity contribution in [3.63, 3.8) is 0 Å². The van der Waals surface area contributed by atoms with E-state index in [4.69, 9.17) is 14.6 Å². The summed E-state index contributed by atoms with van der Waals surface area (Å²) in [6.45, 7) is 0.574. The molecule has 3 rings (SSSR count). The van der Waals surface area contributed by atoms with E-state index in [1.54, 1.807) is 49.6 Å². The average Bonchev–Trinajstić information content (AvgIpc) is 2.72. The highest BCUT2D eigenvalue weighted by atomic mass is 79.9. The van der Waals surface area contributed by atoms with Crippen LogP contribution in [0.15, 0.2) is 65.1 Å². The number of ether oxygens (including phenoxy) is 2. The van der Waals surface area contributed by atoms with E-state index in [9.17, 15) is 9.18 Å². The predicted molar refractivity (Wildman–Crippen MR) is 112 cm³/mol. The third-order valence-corrected chi connectivity index (χ3v) is 4.84. The summed E-state index contributed by atoms with van der Waals surface area (Å²) in [6, 6.07) is 16.7. The molecule has 0 radical (unpaired) electrons. The standard InChI is InChI=1S/C22H19BrFNO4/c1-28-20-11-14(12-25-17-8-6-15(7-9-17)22(26)27)10-18(23)21(20)29-13-16-4-2-3-5-19(16)24/h2-11,25H,12-13H2,1H3,(H,26,27). The lowest BCUT2D eigenvalue weighted by atomic mass is 10.1. The maximum absolute atomic E-state index is 13.8. The number of carbonyl (C=O) groups is 1. The highest BCUT2D eigenvalue weighted by Gasteiger charge is 2.13. The van der Waals surface area contributed by atoms with Gasteiger partial charge in [0.15, 0.2) is 11.5 Å². The van der Waals surface area contributed by atoms with Crippen molar-refractivity contribution in [2.24, 2.45) is 0 Å². The first-order chi connectivity index (χ1) is 14.0. The molecule has 29 heavy (non-hydrogen) atoms. The van der Waals surface area contributed by atoms with Crippen LogP contribution in [0.2, 0.25) is 0 Å². The van der Waals surface area contributed by atoms with Gasteiger partial charge in [0, 0.05) is 17.8 Å². The third-order valence-electron chi connectivity index (χ3n) is 4.25. The van der Waals surface area contributed by atoms with E-state index in [0.29, 0.717) is 28.1 Å². The third kappa shape index (κ3) is 5.26. The van der Waals surface area contributed by atoms with Gasteiger partial charge in [0.2, 0.25) is 0 Å². The summed E-state index contributed by atoms with van der Waals surface area (Å²) in [5.74, 6) is -0.271. The van der Waals surface area contributed by atoms with Crippen LogP contribution in [0.4, 0.5) is 10.1 Å². The molecule has 0 spiro atoms. The van der Waals surface area contributed by atoms with Crippen LogP contribution in [0.3, 0.4) is 0 Å². The summed E-state index contributed by atoms with van der Waals surface area (Å²) in [6.07, 6.45) is 0. The fourth-order valence-corrected chi connectivity index (χ4v) is 3.32. The number of hydrogen-bond acceptors (Lipinski definition) is 4. The van der Waals surface area contributed by atoms with Gasteiger partial charge in [0.25, 0.3) is 0 Å². The molecule has 5 nitrogen and oxygen atoms in total. The molecular formula is C22H19BrFNO4. The Labute approximate surface area is 176 Å². The lowest BCUT2D eigenvalue weighted by molar-refractivity contribution is 0.0697. The van der Waals surface area contributed by atoms with E-state index in [0.717, 1.165) is 11.3 Å². The van der Waals surface area contributed by atoms with Gasteiger partial charge in [-0.3, -0.25) is 0 Å². The molecule has 0 amide bonds. The lowest BCUT2D eigenvalue weighted by Gasteiger charge is -2.15. The van der Waals surface area contributed by atoms with Crippen molar-refractivity contribution in [2.75, 3.05) is 12.4 Å². The zero-order valence-electron chi connectivity index (χ0n) is 15.6. The minimum absolute atomic E-state index is 0.0785. The molecule has 7 heteroatoms. The zero-order chi connectivity index (χ0) is 20.8. The Morgan fingerprint density at radius 2 is 1.86 bits per heavy atom. The van der Waals surface area contributed by atoms with E-state index in [-0.39, 0.29) is 18.0 Å². The van der Waals surface area contributed by atoms with Gasteiger partial charge in [0.05, 0.1) is 17.1 Å². The predicted octanol–water partition coefficient (Wildman–Crippen LogP) is 5.49. The summed E-state index contributed by atoms with van der Waals surface area (Å²) < 4.78 is 25.7. The van der Waals surface area contributed by atoms with Crippen molar-refractivity contribution in [3.05, 3.63) is 87.6 Å². The number of nitrogens with one attached hydrogen (secondary N) is 1. The molecule has 3 aromatic carbocycles. The first kappa shape index (κ1) is 20.7. The topological polar surface area (TPSA) is 67.8 Å². The number of carboxylic acids is 1. The minimum atomic E-state index is -0.962. The van der Waals surface area contributed by atoms with Gasteiger partial charge in [0.1, 0.15) is 12.4 Å². The van der Waals surface area contributed by atoms with Crippen molar-refractivity contribution in [3.8, 4) is 11.5 Å². The Morgan fingerprint density at radius 3 is 2.52 bits per heavy atom. The van der Waals surface area contributed by atoms with Crippen molar-refractivity contribution in [2.45, 2.75) is 13.2 Å². The molecule has 0 bridgehead atoms. The van der Waals surface area contributed by atoms with Crippen molar-refractivity contribution in [1.29, 1.82) is 0 Å². The molecule has 2 N–H and O–H groups in total. The second-order valence-corrected chi connectivity index (χ2v) is 7.08. The second-order valence-electron chi connectivity index (χ2n) is 6.23. The summed E-state index contributed by atoms with van der Waals surface area (Å²) in [5.41, 5.74) is 2.41. The average molecular weight is 460 g/mol. The normalized spacial score (nSPS) is 10.4. The summed E-state index contributed by atoms with van der Waals surface area (Å²) in [4.78, 5) is 10.9. The van der Waals surface area contributed by atoms with Crippen LogP contribution >= 0.6 is 15.9 Å². The zero-order valence-corrected chi connectivity index (χ0v) is 17.2. The van der Waals surface area contributed by atoms with E-state index < -0.39 is 5.97 Å². The maximum atomic E-state index is 13.8. The number of halogens is 2. The molecule has 0 aliphatic heterocycles. The van der Waals surface area contributed by atoms with Crippen LogP contribution in [0.25, 0.3) is 0 Å². The minimum Gasteiger partial charge on any atom is -0.493 e. The Morgan fingerprint density at radius 1 is 1.14 bits per heavy atom. The van der Waals surface area contributed by atoms with Gasteiger partial charge in [-0.25, -0.2) is 9.18 Å². The molecule has 0 saturated heterocycles. The highest BCUT2D eigenvalue weighted by molar-refractivity contribution is 9.10. The largest absolute Gasteiger partial charge is 0.493 e. The fraction of sp³-hybridized carbons (Fsp3) is 0.136. The lowest BCUT2D eigenvalue weighted by Crippen LogP contribution is -2.04. The molecule has 0 aliphatic rings. The van der Waals surface area contributed by atoms with Crippen LogP contribution < -0.4 is 14.8 Å². The number of carboxylic acid groups (broad SMARTS) is 1. The molecule has 0 saturated carbocycles. The van der Waals surface area contributed by atoms with Crippen LogP contribution in [0.5, 0.6) is 11.5 Å². The van der Waals surface area contributed by atoms with Crippen molar-refractivity contribution in [1.82, 2.24) is 0 Å². The van der Waals surface area contributed by atoms with Gasteiger partial charge in [-0.2, -0.15) is 0 Å². The van der Waals surface area contributed by atoms with Gasteiger partial charge in [-0.1, -0.05) is 18.2 Å². The second kappa shape index (κ2) is 9.43. The van der Waals surface area contributed by atoms with Crippen LogP contribution in [0, 0.1) is 5.82 Å². The first-order valence-electron chi connectivity index (χ1n) is 8.77. The molecule has 0 aliphatic carbocycles. The van der Waals surface area contributed by atoms with Gasteiger partial charge >= 0.3 is 5.97 Å². The van der Waals surface area contributed by atoms with Gasteiger partial charge in [-0.15, -0.1) is 0 Å². The molecule has 150 valence electrons. The summed E-state index contributed by atoms with van der Waals surface area (Å²) in [5, 5.41) is 12.2. The number of anilines is 1. The Kier molecular flexibility index (Phi) is 6.72. The molecule has 0 atom stereocenters.